The Balaban J connectivity index is 2.19. The van der Waals surface area contributed by atoms with E-state index >= 15 is 0 Å². The molecule has 3 rings (SSSR count). The molecule has 0 aliphatic carbocycles. The Labute approximate surface area is 141 Å². The minimum absolute atomic E-state index is 0.0886. The molecule has 1 aromatic heterocycles. The lowest BCUT2D eigenvalue weighted by Gasteiger charge is -2.36. The first kappa shape index (κ1) is 15.9. The molecule has 2 N–H and O–H groups in total. The maximum atomic E-state index is 12.6. The van der Waals surface area contributed by atoms with Crippen molar-refractivity contribution in [2.24, 2.45) is 10.7 Å². The van der Waals surface area contributed by atoms with E-state index in [0.717, 1.165) is 14.7 Å². The van der Waals surface area contributed by atoms with Crippen LogP contribution in [0.25, 0.3) is 10.2 Å². The van der Waals surface area contributed by atoms with E-state index < -0.39 is 20.1 Å². The molecule has 1 atom stereocenters. The molecular weight excluding hydrogens is 386 g/mol. The first-order valence-electron chi connectivity index (χ1n) is 6.70. The Kier molecular flexibility index (Phi) is 3.43. The van der Waals surface area contributed by atoms with Crippen LogP contribution in [0.3, 0.4) is 0 Å². The van der Waals surface area contributed by atoms with Crippen molar-refractivity contribution in [3.8, 4) is 0 Å². The molecule has 0 radical (unpaired) electrons. The summed E-state index contributed by atoms with van der Waals surface area (Å²) >= 11 is 4.88. The molecule has 0 fully saturated rings. The van der Waals surface area contributed by atoms with Crippen molar-refractivity contribution in [2.45, 2.75) is 31.1 Å². The van der Waals surface area contributed by atoms with Gasteiger partial charge in [0.2, 0.25) is 0 Å². The molecule has 0 saturated carbocycles. The Bertz CT molecular complexity index is 902. The quantitative estimate of drug-likeness (QED) is 0.795. The first-order valence-corrected chi connectivity index (χ1v) is 9.96. The van der Waals surface area contributed by atoms with E-state index in [4.69, 9.17) is 5.73 Å². The molecule has 5 nitrogen and oxygen atoms in total. The second kappa shape index (κ2) is 4.75. The second-order valence-electron chi connectivity index (χ2n) is 6.17. The average molecular weight is 402 g/mol. The number of sulfone groups is 1. The fraction of sp³-hybridized carbons (Fsp3) is 0.429. The van der Waals surface area contributed by atoms with Crippen LogP contribution in [0.1, 0.15) is 25.8 Å². The molecule has 0 saturated heterocycles. The molecule has 2 heterocycles. The van der Waals surface area contributed by atoms with Crippen LogP contribution < -0.4 is 5.73 Å². The van der Waals surface area contributed by atoms with Crippen molar-refractivity contribution in [2.75, 3.05) is 5.75 Å². The number of aromatic nitrogens is 1. The van der Waals surface area contributed by atoms with Crippen LogP contribution in [0.2, 0.25) is 0 Å². The third-order valence-electron chi connectivity index (χ3n) is 4.04. The first-order chi connectivity index (χ1) is 10.1. The van der Waals surface area contributed by atoms with E-state index in [0.29, 0.717) is 5.01 Å². The zero-order chi connectivity index (χ0) is 16.3. The number of hydrogen-bond donors (Lipinski definition) is 1. The summed E-state index contributed by atoms with van der Waals surface area (Å²) in [6.45, 7) is 4.96. The average Bonchev–Trinajstić information content (AvgIpc) is 2.79. The summed E-state index contributed by atoms with van der Waals surface area (Å²) in [5.41, 5.74) is 5.86. The van der Waals surface area contributed by atoms with Crippen LogP contribution in [0.4, 0.5) is 0 Å². The number of fused-ring (bicyclic) bond motifs is 1. The van der Waals surface area contributed by atoms with Crippen molar-refractivity contribution < 1.29 is 8.42 Å². The van der Waals surface area contributed by atoms with Gasteiger partial charge in [0, 0.05) is 4.47 Å². The van der Waals surface area contributed by atoms with Crippen molar-refractivity contribution in [3.05, 3.63) is 27.7 Å². The number of thiazole rings is 1. The molecule has 1 aliphatic heterocycles. The van der Waals surface area contributed by atoms with Gasteiger partial charge in [0.25, 0.3) is 0 Å². The summed E-state index contributed by atoms with van der Waals surface area (Å²) in [5, 5.41) is 0.669. The molecule has 1 unspecified atom stereocenters. The number of rotatable bonds is 1. The lowest BCUT2D eigenvalue weighted by Crippen LogP contribution is -2.54. The van der Waals surface area contributed by atoms with Gasteiger partial charge in [-0.1, -0.05) is 15.9 Å². The fourth-order valence-corrected chi connectivity index (χ4v) is 5.75. The summed E-state index contributed by atoms with van der Waals surface area (Å²) in [7, 11) is -3.41. The molecular formula is C14H16BrN3O2S2. The van der Waals surface area contributed by atoms with Crippen molar-refractivity contribution in [1.82, 2.24) is 4.98 Å². The number of nitrogens with two attached hydrogens (primary N) is 1. The van der Waals surface area contributed by atoms with Crippen LogP contribution in [0.5, 0.6) is 0 Å². The van der Waals surface area contributed by atoms with E-state index in [1.807, 2.05) is 18.2 Å². The van der Waals surface area contributed by atoms with Crippen molar-refractivity contribution >= 4 is 53.2 Å². The lowest BCUT2D eigenvalue weighted by molar-refractivity contribution is 0.500. The lowest BCUT2D eigenvalue weighted by atomic mass is 10.1. The van der Waals surface area contributed by atoms with Gasteiger partial charge in [-0.05, 0) is 39.0 Å². The van der Waals surface area contributed by atoms with Gasteiger partial charge < -0.3 is 5.73 Å². The smallest absolute Gasteiger partial charge is 0.165 e. The number of benzene rings is 1. The minimum atomic E-state index is -3.41. The molecule has 2 aromatic rings. The third kappa shape index (κ3) is 2.28. The predicted molar refractivity (Wildman–Crippen MR) is 94.2 cm³/mol. The summed E-state index contributed by atoms with van der Waals surface area (Å²) in [4.78, 5) is 9.07. The third-order valence-corrected chi connectivity index (χ3v) is 8.51. The maximum Gasteiger partial charge on any atom is 0.165 e. The van der Waals surface area contributed by atoms with E-state index in [-0.39, 0.29) is 11.6 Å². The van der Waals surface area contributed by atoms with Crippen LogP contribution >= 0.6 is 27.3 Å². The normalized spacial score (nSPS) is 26.8. The molecule has 22 heavy (non-hydrogen) atoms. The van der Waals surface area contributed by atoms with Crippen LogP contribution in [-0.4, -0.2) is 29.7 Å². The van der Waals surface area contributed by atoms with Gasteiger partial charge in [0.15, 0.2) is 9.84 Å². The fourth-order valence-electron chi connectivity index (χ4n) is 2.38. The second-order valence-corrected chi connectivity index (χ2v) is 10.7. The van der Waals surface area contributed by atoms with Gasteiger partial charge in [-0.3, -0.25) is 4.99 Å². The Morgan fingerprint density at radius 3 is 2.64 bits per heavy atom. The number of aliphatic imine (C=N–C) groups is 1. The van der Waals surface area contributed by atoms with Crippen LogP contribution in [-0.2, 0) is 15.4 Å². The minimum Gasteiger partial charge on any atom is -0.386 e. The standard InChI is InChI=1S/C14H16BrN3O2S2/c1-13(2)11(16)18-14(3,7-22(13,19)20)12-17-9-5-4-8(15)6-10(9)21-12/h4-6H,7H2,1-3H3,(H2,16,18). The van der Waals surface area contributed by atoms with Gasteiger partial charge in [-0.25, -0.2) is 13.4 Å². The summed E-state index contributed by atoms with van der Waals surface area (Å²) in [6, 6.07) is 5.78. The van der Waals surface area contributed by atoms with Gasteiger partial charge in [-0.2, -0.15) is 0 Å². The van der Waals surface area contributed by atoms with Crippen molar-refractivity contribution in [1.29, 1.82) is 0 Å². The molecule has 8 heteroatoms. The predicted octanol–water partition coefficient (Wildman–Crippen LogP) is 2.84. The largest absolute Gasteiger partial charge is 0.386 e. The van der Waals surface area contributed by atoms with E-state index in [2.05, 4.69) is 25.9 Å². The van der Waals surface area contributed by atoms with E-state index in [9.17, 15) is 8.42 Å². The monoisotopic (exact) mass is 401 g/mol. The van der Waals surface area contributed by atoms with Gasteiger partial charge in [-0.15, -0.1) is 11.3 Å². The van der Waals surface area contributed by atoms with E-state index in [1.165, 1.54) is 11.3 Å². The van der Waals surface area contributed by atoms with Crippen LogP contribution in [0.15, 0.2) is 27.7 Å². The molecule has 118 valence electrons. The highest BCUT2D eigenvalue weighted by molar-refractivity contribution is 9.10. The maximum absolute atomic E-state index is 12.6. The van der Waals surface area contributed by atoms with Crippen molar-refractivity contribution in [3.63, 3.8) is 0 Å². The highest BCUT2D eigenvalue weighted by atomic mass is 79.9. The topological polar surface area (TPSA) is 85.4 Å². The summed E-state index contributed by atoms with van der Waals surface area (Å²) in [6.07, 6.45) is 0. The number of halogens is 1. The SMILES string of the molecule is CC1(c2nc3ccc(Br)cc3s2)CS(=O)(=O)C(C)(C)C(N)=N1. The number of amidine groups is 1. The zero-order valence-corrected chi connectivity index (χ0v) is 15.6. The Morgan fingerprint density at radius 2 is 2.00 bits per heavy atom. The Morgan fingerprint density at radius 1 is 1.32 bits per heavy atom. The zero-order valence-electron chi connectivity index (χ0n) is 12.4. The van der Waals surface area contributed by atoms with Gasteiger partial charge in [0.1, 0.15) is 21.1 Å². The molecule has 0 spiro atoms. The molecule has 1 aliphatic rings. The van der Waals surface area contributed by atoms with Crippen LogP contribution in [0, 0.1) is 0 Å². The Hall–Kier alpha value is -0.990. The summed E-state index contributed by atoms with van der Waals surface area (Å²) < 4.78 is 26.0. The highest BCUT2D eigenvalue weighted by Crippen LogP contribution is 2.40. The molecule has 0 bridgehead atoms. The molecule has 0 amide bonds. The van der Waals surface area contributed by atoms with E-state index in [1.54, 1.807) is 20.8 Å². The molecule has 1 aromatic carbocycles. The highest BCUT2D eigenvalue weighted by Gasteiger charge is 2.49. The van der Waals surface area contributed by atoms with Gasteiger partial charge >= 0.3 is 0 Å². The van der Waals surface area contributed by atoms with Gasteiger partial charge in [0.05, 0.1) is 16.0 Å². The number of hydrogen-bond acceptors (Lipinski definition) is 6. The number of nitrogens with zero attached hydrogens (tertiary/aromatic N) is 2. The summed E-state index contributed by atoms with van der Waals surface area (Å²) in [5.74, 6) is 0.0519.